The average Bonchev–Trinajstić information content (AvgIpc) is 2.05. The van der Waals surface area contributed by atoms with E-state index in [1.807, 2.05) is 0 Å². The Morgan fingerprint density at radius 1 is 1.36 bits per heavy atom. The van der Waals surface area contributed by atoms with Gasteiger partial charge in [0.15, 0.2) is 0 Å². The molecule has 2 nitrogen and oxygen atoms in total. The molecule has 0 aromatic rings. The van der Waals surface area contributed by atoms with Crippen molar-refractivity contribution in [3.63, 3.8) is 0 Å². The maximum atomic E-state index is 5.01. The molecule has 0 atom stereocenters. The minimum atomic E-state index is 0.792. The van der Waals surface area contributed by atoms with Crippen LogP contribution in [0.4, 0.5) is 0 Å². The minimum absolute atomic E-state index is 0.792. The summed E-state index contributed by atoms with van der Waals surface area (Å²) in [6, 6.07) is 0. The molecule has 0 saturated heterocycles. The van der Waals surface area contributed by atoms with Gasteiger partial charge in [0.05, 0.1) is 12.9 Å². The van der Waals surface area contributed by atoms with Crippen LogP contribution >= 0.6 is 0 Å². The van der Waals surface area contributed by atoms with Crippen LogP contribution in [0.1, 0.15) is 20.3 Å². The molecule has 0 rings (SSSR count). The predicted molar refractivity (Wildman–Crippen MR) is 48.6 cm³/mol. The van der Waals surface area contributed by atoms with Crippen molar-refractivity contribution < 1.29 is 4.74 Å². The summed E-state index contributed by atoms with van der Waals surface area (Å²) in [5.41, 5.74) is 0. The third-order valence-corrected chi connectivity index (χ3v) is 1.75. The van der Waals surface area contributed by atoms with E-state index in [-0.39, 0.29) is 0 Å². The highest BCUT2D eigenvalue weighted by atomic mass is 16.5. The van der Waals surface area contributed by atoms with Crippen LogP contribution in [0, 0.1) is 0 Å². The summed E-state index contributed by atoms with van der Waals surface area (Å²) in [6.07, 6.45) is 2.59. The molecule has 2 heteroatoms. The molecule has 0 aromatic carbocycles. The SMILES string of the molecule is C=COCCCN(CC)CC. The smallest absolute Gasteiger partial charge is 0.0885 e. The van der Waals surface area contributed by atoms with Crippen molar-refractivity contribution in [2.45, 2.75) is 20.3 Å². The molecule has 0 spiro atoms. The molecule has 0 radical (unpaired) electrons. The van der Waals surface area contributed by atoms with Crippen LogP contribution in [0.25, 0.3) is 0 Å². The lowest BCUT2D eigenvalue weighted by Gasteiger charge is -2.17. The van der Waals surface area contributed by atoms with E-state index >= 15 is 0 Å². The quantitative estimate of drug-likeness (QED) is 0.413. The Hall–Kier alpha value is -0.500. The topological polar surface area (TPSA) is 12.5 Å². The van der Waals surface area contributed by atoms with E-state index in [4.69, 9.17) is 4.74 Å². The molecule has 0 aliphatic rings. The summed E-state index contributed by atoms with van der Waals surface area (Å²) in [6.45, 7) is 12.0. The van der Waals surface area contributed by atoms with E-state index in [0.717, 1.165) is 32.7 Å². The molecule has 0 amide bonds. The van der Waals surface area contributed by atoms with Gasteiger partial charge in [-0.05, 0) is 19.5 Å². The van der Waals surface area contributed by atoms with Crippen molar-refractivity contribution in [3.05, 3.63) is 12.8 Å². The van der Waals surface area contributed by atoms with Gasteiger partial charge in [-0.1, -0.05) is 20.4 Å². The number of nitrogens with zero attached hydrogens (tertiary/aromatic N) is 1. The summed E-state index contributed by atoms with van der Waals surface area (Å²) < 4.78 is 5.01. The summed E-state index contributed by atoms with van der Waals surface area (Å²) >= 11 is 0. The molecule has 0 fully saturated rings. The van der Waals surface area contributed by atoms with E-state index in [1.54, 1.807) is 0 Å². The summed E-state index contributed by atoms with van der Waals surface area (Å²) in [4.78, 5) is 2.38. The zero-order valence-corrected chi connectivity index (χ0v) is 7.68. The molecule has 0 bridgehead atoms. The van der Waals surface area contributed by atoms with Crippen molar-refractivity contribution in [1.82, 2.24) is 4.90 Å². The predicted octanol–water partition coefficient (Wildman–Crippen LogP) is 1.88. The molecule has 66 valence electrons. The monoisotopic (exact) mass is 157 g/mol. The van der Waals surface area contributed by atoms with Gasteiger partial charge in [0.25, 0.3) is 0 Å². The van der Waals surface area contributed by atoms with Gasteiger partial charge in [0.1, 0.15) is 0 Å². The first-order valence-corrected chi connectivity index (χ1v) is 4.30. The van der Waals surface area contributed by atoms with Gasteiger partial charge in [-0.15, -0.1) is 0 Å². The van der Waals surface area contributed by atoms with E-state index in [9.17, 15) is 0 Å². The molecular formula is C9H19NO. The highest BCUT2D eigenvalue weighted by Crippen LogP contribution is 1.90. The van der Waals surface area contributed by atoms with Gasteiger partial charge in [-0.3, -0.25) is 0 Å². The van der Waals surface area contributed by atoms with Crippen LogP contribution in [-0.2, 0) is 4.74 Å². The second-order valence-corrected chi connectivity index (χ2v) is 2.42. The molecule has 11 heavy (non-hydrogen) atoms. The minimum Gasteiger partial charge on any atom is -0.502 e. The van der Waals surface area contributed by atoms with E-state index in [1.165, 1.54) is 6.26 Å². The average molecular weight is 157 g/mol. The Bertz CT molecular complexity index is 89.6. The van der Waals surface area contributed by atoms with E-state index < -0.39 is 0 Å². The van der Waals surface area contributed by atoms with Crippen LogP contribution < -0.4 is 0 Å². The number of hydrogen-bond acceptors (Lipinski definition) is 2. The second-order valence-electron chi connectivity index (χ2n) is 2.42. The summed E-state index contributed by atoms with van der Waals surface area (Å²) in [7, 11) is 0. The van der Waals surface area contributed by atoms with Crippen LogP contribution in [0.5, 0.6) is 0 Å². The first-order valence-electron chi connectivity index (χ1n) is 4.30. The van der Waals surface area contributed by atoms with E-state index in [2.05, 4.69) is 25.3 Å². The number of ether oxygens (including phenoxy) is 1. The summed E-state index contributed by atoms with van der Waals surface area (Å²) in [5.74, 6) is 0. The fourth-order valence-electron chi connectivity index (χ4n) is 0.995. The Balaban J connectivity index is 3.13. The maximum absolute atomic E-state index is 5.01. The second kappa shape index (κ2) is 7.61. The lowest BCUT2D eigenvalue weighted by molar-refractivity contribution is 0.213. The molecule has 0 aliphatic carbocycles. The Labute approximate surface area is 69.8 Å². The lowest BCUT2D eigenvalue weighted by Crippen LogP contribution is -2.24. The fourth-order valence-corrected chi connectivity index (χ4v) is 0.995. The number of hydrogen-bond donors (Lipinski definition) is 0. The van der Waals surface area contributed by atoms with Crippen molar-refractivity contribution in [3.8, 4) is 0 Å². The number of rotatable bonds is 7. The maximum Gasteiger partial charge on any atom is 0.0885 e. The lowest BCUT2D eigenvalue weighted by atomic mass is 10.4. The molecule has 0 heterocycles. The third kappa shape index (κ3) is 5.92. The molecule has 0 saturated carbocycles. The molecule has 0 unspecified atom stereocenters. The first-order chi connectivity index (χ1) is 5.35. The Morgan fingerprint density at radius 3 is 2.45 bits per heavy atom. The molecular weight excluding hydrogens is 138 g/mol. The Kier molecular flexibility index (Phi) is 7.26. The van der Waals surface area contributed by atoms with Crippen LogP contribution in [0.2, 0.25) is 0 Å². The van der Waals surface area contributed by atoms with Gasteiger partial charge in [0, 0.05) is 6.54 Å². The normalized spacial score (nSPS) is 10.1. The van der Waals surface area contributed by atoms with Gasteiger partial charge in [-0.25, -0.2) is 0 Å². The van der Waals surface area contributed by atoms with Crippen molar-refractivity contribution >= 4 is 0 Å². The first kappa shape index (κ1) is 10.5. The zero-order valence-electron chi connectivity index (χ0n) is 7.68. The zero-order chi connectivity index (χ0) is 8.53. The van der Waals surface area contributed by atoms with Gasteiger partial charge in [-0.2, -0.15) is 0 Å². The van der Waals surface area contributed by atoms with Gasteiger partial charge < -0.3 is 9.64 Å². The van der Waals surface area contributed by atoms with Crippen LogP contribution in [0.3, 0.4) is 0 Å². The molecule has 0 aliphatic heterocycles. The van der Waals surface area contributed by atoms with Gasteiger partial charge >= 0.3 is 0 Å². The largest absolute Gasteiger partial charge is 0.502 e. The standard InChI is InChI=1S/C9H19NO/c1-4-10(5-2)8-7-9-11-6-3/h6H,3-5,7-9H2,1-2H3. The fraction of sp³-hybridized carbons (Fsp3) is 0.778. The third-order valence-electron chi connectivity index (χ3n) is 1.75. The highest BCUT2D eigenvalue weighted by molar-refractivity contribution is 4.53. The van der Waals surface area contributed by atoms with Crippen LogP contribution in [-0.4, -0.2) is 31.1 Å². The van der Waals surface area contributed by atoms with Gasteiger partial charge in [0.2, 0.25) is 0 Å². The molecule has 0 aromatic heterocycles. The van der Waals surface area contributed by atoms with Crippen molar-refractivity contribution in [2.24, 2.45) is 0 Å². The summed E-state index contributed by atoms with van der Waals surface area (Å²) in [5, 5.41) is 0. The molecule has 0 N–H and O–H groups in total. The van der Waals surface area contributed by atoms with Crippen molar-refractivity contribution in [2.75, 3.05) is 26.2 Å². The highest BCUT2D eigenvalue weighted by Gasteiger charge is 1.96. The Morgan fingerprint density at radius 2 is 2.00 bits per heavy atom. The van der Waals surface area contributed by atoms with E-state index in [0.29, 0.717) is 0 Å². The van der Waals surface area contributed by atoms with Crippen LogP contribution in [0.15, 0.2) is 12.8 Å². The van der Waals surface area contributed by atoms with Crippen molar-refractivity contribution in [1.29, 1.82) is 0 Å².